The van der Waals surface area contributed by atoms with Crippen LogP contribution >= 0.6 is 0 Å². The standard InChI is InChI=1S/C10H14FN3O/c1-5-3-9(8(12)4-7(5)11)14-6(2)10(13)15/h3-4,6,14H,12H2,1-2H3,(H2,13,15). The molecule has 1 unspecified atom stereocenters. The zero-order valence-electron chi connectivity index (χ0n) is 8.67. The molecule has 0 radical (unpaired) electrons. The van der Waals surface area contributed by atoms with Crippen molar-refractivity contribution in [3.8, 4) is 0 Å². The van der Waals surface area contributed by atoms with Gasteiger partial charge in [-0.15, -0.1) is 0 Å². The second-order valence-electron chi connectivity index (χ2n) is 3.46. The molecule has 1 atom stereocenters. The molecule has 0 spiro atoms. The Labute approximate surface area is 87.4 Å². The lowest BCUT2D eigenvalue weighted by Gasteiger charge is -2.14. The minimum atomic E-state index is -0.544. The van der Waals surface area contributed by atoms with Crippen LogP contribution in [-0.4, -0.2) is 11.9 Å². The van der Waals surface area contributed by atoms with Crippen LogP contribution in [-0.2, 0) is 4.79 Å². The van der Waals surface area contributed by atoms with Gasteiger partial charge >= 0.3 is 0 Å². The summed E-state index contributed by atoms with van der Waals surface area (Å²) in [5.41, 5.74) is 11.9. The highest BCUT2D eigenvalue weighted by atomic mass is 19.1. The number of rotatable bonds is 3. The largest absolute Gasteiger partial charge is 0.397 e. The van der Waals surface area contributed by atoms with Crippen LogP contribution in [0.15, 0.2) is 12.1 Å². The molecule has 4 nitrogen and oxygen atoms in total. The van der Waals surface area contributed by atoms with Gasteiger partial charge in [0, 0.05) is 0 Å². The van der Waals surface area contributed by atoms with Crippen LogP contribution in [0.25, 0.3) is 0 Å². The average Bonchev–Trinajstić information content (AvgIpc) is 2.13. The molecule has 1 aromatic rings. The quantitative estimate of drug-likeness (QED) is 0.652. The topological polar surface area (TPSA) is 81.1 Å². The van der Waals surface area contributed by atoms with Crippen LogP contribution in [0.3, 0.4) is 0 Å². The summed E-state index contributed by atoms with van der Waals surface area (Å²) < 4.78 is 13.1. The van der Waals surface area contributed by atoms with E-state index in [1.54, 1.807) is 19.9 Å². The zero-order chi connectivity index (χ0) is 11.6. The van der Waals surface area contributed by atoms with E-state index in [1.165, 1.54) is 6.07 Å². The number of carbonyl (C=O) groups excluding carboxylic acids is 1. The summed E-state index contributed by atoms with van der Waals surface area (Å²) in [7, 11) is 0. The number of nitrogens with one attached hydrogen (secondary N) is 1. The number of hydrogen-bond acceptors (Lipinski definition) is 3. The summed E-state index contributed by atoms with van der Waals surface area (Å²) in [4.78, 5) is 10.8. The van der Waals surface area contributed by atoms with E-state index >= 15 is 0 Å². The van der Waals surface area contributed by atoms with E-state index in [1.807, 2.05) is 0 Å². The number of anilines is 2. The highest BCUT2D eigenvalue weighted by Crippen LogP contribution is 2.22. The second kappa shape index (κ2) is 4.16. The molecule has 0 saturated heterocycles. The Kier molecular flexibility index (Phi) is 3.14. The summed E-state index contributed by atoms with van der Waals surface area (Å²) in [6, 6.07) is 2.22. The van der Waals surface area contributed by atoms with Crippen LogP contribution in [0.5, 0.6) is 0 Å². The number of amides is 1. The lowest BCUT2D eigenvalue weighted by molar-refractivity contribution is -0.118. The number of aryl methyl sites for hydroxylation is 1. The number of hydrogen-bond donors (Lipinski definition) is 3. The molecule has 0 aliphatic carbocycles. The van der Waals surface area contributed by atoms with Crippen molar-refractivity contribution in [2.24, 2.45) is 5.73 Å². The van der Waals surface area contributed by atoms with Crippen molar-refractivity contribution in [2.75, 3.05) is 11.1 Å². The first-order valence-corrected chi connectivity index (χ1v) is 4.53. The smallest absolute Gasteiger partial charge is 0.239 e. The van der Waals surface area contributed by atoms with Crippen LogP contribution in [0.1, 0.15) is 12.5 Å². The molecule has 82 valence electrons. The molecular weight excluding hydrogens is 197 g/mol. The van der Waals surface area contributed by atoms with Crippen LogP contribution in [0.4, 0.5) is 15.8 Å². The highest BCUT2D eigenvalue weighted by molar-refractivity contribution is 5.84. The fourth-order valence-electron chi connectivity index (χ4n) is 1.13. The highest BCUT2D eigenvalue weighted by Gasteiger charge is 2.11. The molecular formula is C10H14FN3O. The normalized spacial score (nSPS) is 12.2. The molecule has 5 N–H and O–H groups in total. The Morgan fingerprint density at radius 2 is 2.13 bits per heavy atom. The summed E-state index contributed by atoms with van der Waals surface area (Å²) in [5.74, 6) is -0.860. The molecule has 0 fully saturated rings. The number of carbonyl (C=O) groups is 1. The lowest BCUT2D eigenvalue weighted by Crippen LogP contribution is -2.32. The molecule has 0 saturated carbocycles. The number of benzene rings is 1. The Bertz CT molecular complexity index is 392. The number of halogens is 1. The summed E-state index contributed by atoms with van der Waals surface area (Å²) >= 11 is 0. The Morgan fingerprint density at radius 3 is 2.67 bits per heavy atom. The minimum Gasteiger partial charge on any atom is -0.397 e. The van der Waals surface area contributed by atoms with Crippen molar-refractivity contribution < 1.29 is 9.18 Å². The Hall–Kier alpha value is -1.78. The fourth-order valence-corrected chi connectivity index (χ4v) is 1.13. The maximum atomic E-state index is 13.1. The SMILES string of the molecule is Cc1cc(NC(C)C(N)=O)c(N)cc1F. The van der Waals surface area contributed by atoms with Crippen molar-refractivity contribution in [1.82, 2.24) is 0 Å². The molecule has 0 aliphatic heterocycles. The van der Waals surface area contributed by atoms with Gasteiger partial charge in [-0.3, -0.25) is 4.79 Å². The first kappa shape index (κ1) is 11.3. The van der Waals surface area contributed by atoms with Gasteiger partial charge in [-0.1, -0.05) is 0 Å². The van der Waals surface area contributed by atoms with Crippen molar-refractivity contribution in [2.45, 2.75) is 19.9 Å². The predicted octanol–water partition coefficient (Wildman–Crippen LogP) is 1.00. The van der Waals surface area contributed by atoms with Gasteiger partial charge in [-0.25, -0.2) is 4.39 Å². The summed E-state index contributed by atoms with van der Waals surface area (Å²) in [6.45, 7) is 3.23. The van der Waals surface area contributed by atoms with Gasteiger partial charge in [0.2, 0.25) is 5.91 Å². The van der Waals surface area contributed by atoms with Gasteiger partial charge in [0.15, 0.2) is 0 Å². The number of nitrogens with two attached hydrogens (primary N) is 2. The van der Waals surface area contributed by atoms with Gasteiger partial charge in [0.1, 0.15) is 11.9 Å². The molecule has 1 amide bonds. The number of nitrogen functional groups attached to an aromatic ring is 1. The van der Waals surface area contributed by atoms with Gasteiger partial charge in [-0.2, -0.15) is 0 Å². The summed E-state index contributed by atoms with van der Waals surface area (Å²) in [5, 5.41) is 2.81. The third kappa shape index (κ3) is 2.59. The zero-order valence-corrected chi connectivity index (χ0v) is 8.67. The Balaban J connectivity index is 2.95. The Morgan fingerprint density at radius 1 is 1.53 bits per heavy atom. The average molecular weight is 211 g/mol. The van der Waals surface area contributed by atoms with E-state index in [0.717, 1.165) is 0 Å². The van der Waals surface area contributed by atoms with E-state index in [2.05, 4.69) is 5.32 Å². The van der Waals surface area contributed by atoms with E-state index in [0.29, 0.717) is 11.3 Å². The first-order chi connectivity index (χ1) is 6.91. The molecule has 15 heavy (non-hydrogen) atoms. The monoisotopic (exact) mass is 211 g/mol. The van der Waals surface area contributed by atoms with Crippen LogP contribution in [0.2, 0.25) is 0 Å². The molecule has 0 aliphatic rings. The number of primary amides is 1. The van der Waals surface area contributed by atoms with Crippen LogP contribution < -0.4 is 16.8 Å². The third-order valence-corrected chi connectivity index (χ3v) is 2.13. The van der Waals surface area contributed by atoms with E-state index in [-0.39, 0.29) is 11.5 Å². The molecule has 0 bridgehead atoms. The maximum Gasteiger partial charge on any atom is 0.239 e. The van der Waals surface area contributed by atoms with Gasteiger partial charge in [0.25, 0.3) is 0 Å². The van der Waals surface area contributed by atoms with E-state index < -0.39 is 11.9 Å². The summed E-state index contributed by atoms with van der Waals surface area (Å²) in [6.07, 6.45) is 0. The molecule has 0 aromatic heterocycles. The minimum absolute atomic E-state index is 0.256. The lowest BCUT2D eigenvalue weighted by atomic mass is 10.1. The van der Waals surface area contributed by atoms with Gasteiger partial charge in [0.05, 0.1) is 11.4 Å². The van der Waals surface area contributed by atoms with E-state index in [9.17, 15) is 9.18 Å². The van der Waals surface area contributed by atoms with Crippen molar-refractivity contribution in [3.05, 3.63) is 23.5 Å². The maximum absolute atomic E-state index is 13.1. The van der Waals surface area contributed by atoms with Crippen LogP contribution in [0, 0.1) is 12.7 Å². The molecule has 1 rings (SSSR count). The molecule has 0 heterocycles. The second-order valence-corrected chi connectivity index (χ2v) is 3.46. The van der Waals surface area contributed by atoms with Gasteiger partial charge < -0.3 is 16.8 Å². The van der Waals surface area contributed by atoms with Crippen molar-refractivity contribution >= 4 is 17.3 Å². The molecule has 5 heteroatoms. The third-order valence-electron chi connectivity index (χ3n) is 2.13. The predicted molar refractivity (Wildman–Crippen MR) is 57.8 cm³/mol. The molecule has 1 aromatic carbocycles. The van der Waals surface area contributed by atoms with Crippen molar-refractivity contribution in [1.29, 1.82) is 0 Å². The van der Waals surface area contributed by atoms with Crippen molar-refractivity contribution in [3.63, 3.8) is 0 Å². The van der Waals surface area contributed by atoms with Gasteiger partial charge in [-0.05, 0) is 31.5 Å². The first-order valence-electron chi connectivity index (χ1n) is 4.53. The van der Waals surface area contributed by atoms with E-state index in [4.69, 9.17) is 11.5 Å². The fraction of sp³-hybridized carbons (Fsp3) is 0.300.